The third kappa shape index (κ3) is 3.73. The average molecular weight is 351 g/mol. The zero-order valence-electron chi connectivity index (χ0n) is 13.8. The number of thioether (sulfide) groups is 1. The third-order valence-electron chi connectivity index (χ3n) is 3.84. The smallest absolute Gasteiger partial charge is 0.262 e. The molecule has 0 spiro atoms. The first-order valence-electron chi connectivity index (χ1n) is 7.84. The van der Waals surface area contributed by atoms with Gasteiger partial charge in [0.2, 0.25) is 0 Å². The Morgan fingerprint density at radius 2 is 1.96 bits per heavy atom. The fourth-order valence-electron chi connectivity index (χ4n) is 2.54. The Balaban J connectivity index is 1.99. The monoisotopic (exact) mass is 351 g/mol. The van der Waals surface area contributed by atoms with Gasteiger partial charge < -0.3 is 4.74 Å². The van der Waals surface area contributed by atoms with E-state index in [2.05, 4.69) is 11.1 Å². The average Bonchev–Trinajstić information content (AvgIpc) is 2.66. The number of nitriles is 1. The number of aromatic nitrogens is 2. The zero-order chi connectivity index (χ0) is 17.6. The summed E-state index contributed by atoms with van der Waals surface area (Å²) in [6, 6.07) is 17.0. The molecule has 2 aromatic carbocycles. The largest absolute Gasteiger partial charge is 0.383 e. The molecule has 3 rings (SSSR count). The van der Waals surface area contributed by atoms with Gasteiger partial charge in [-0.05, 0) is 23.8 Å². The molecule has 0 aliphatic carbocycles. The van der Waals surface area contributed by atoms with Crippen LogP contribution in [0.4, 0.5) is 0 Å². The van der Waals surface area contributed by atoms with Gasteiger partial charge in [0.25, 0.3) is 5.56 Å². The second-order valence-electron chi connectivity index (χ2n) is 5.42. The summed E-state index contributed by atoms with van der Waals surface area (Å²) in [6.07, 6.45) is 0. The van der Waals surface area contributed by atoms with Crippen molar-refractivity contribution < 1.29 is 4.74 Å². The van der Waals surface area contributed by atoms with Gasteiger partial charge in [-0.3, -0.25) is 9.36 Å². The van der Waals surface area contributed by atoms with Crippen molar-refractivity contribution in [3.63, 3.8) is 0 Å². The fraction of sp³-hybridized carbons (Fsp3) is 0.211. The van der Waals surface area contributed by atoms with Gasteiger partial charge in [-0.25, -0.2) is 4.98 Å². The molecule has 0 atom stereocenters. The molecule has 3 aromatic rings. The van der Waals surface area contributed by atoms with Crippen LogP contribution in [0.25, 0.3) is 10.9 Å². The lowest BCUT2D eigenvalue weighted by Gasteiger charge is -2.13. The minimum absolute atomic E-state index is 0.0706. The van der Waals surface area contributed by atoms with Crippen molar-refractivity contribution in [3.8, 4) is 6.07 Å². The van der Waals surface area contributed by atoms with Gasteiger partial charge in [0.1, 0.15) is 0 Å². The van der Waals surface area contributed by atoms with Crippen LogP contribution in [0.5, 0.6) is 0 Å². The van der Waals surface area contributed by atoms with Crippen LogP contribution in [0.1, 0.15) is 11.1 Å². The lowest BCUT2D eigenvalue weighted by atomic mass is 10.1. The van der Waals surface area contributed by atoms with E-state index >= 15 is 0 Å². The number of fused-ring (bicyclic) bond motifs is 1. The first kappa shape index (κ1) is 17.2. The van der Waals surface area contributed by atoms with Crippen LogP contribution in [-0.4, -0.2) is 23.3 Å². The number of ether oxygens (including phenoxy) is 1. The minimum atomic E-state index is -0.0706. The zero-order valence-corrected chi connectivity index (χ0v) is 14.6. The first-order valence-corrected chi connectivity index (χ1v) is 8.82. The molecule has 0 radical (unpaired) electrons. The van der Waals surface area contributed by atoms with Crippen molar-refractivity contribution in [2.75, 3.05) is 13.7 Å². The number of hydrogen-bond donors (Lipinski definition) is 0. The predicted molar refractivity (Wildman–Crippen MR) is 98.6 cm³/mol. The number of rotatable bonds is 6. The molecule has 0 aliphatic heterocycles. The highest BCUT2D eigenvalue weighted by Gasteiger charge is 2.12. The molecule has 6 heteroatoms. The van der Waals surface area contributed by atoms with E-state index < -0.39 is 0 Å². The molecular formula is C19H17N3O2S. The Morgan fingerprint density at radius 3 is 2.76 bits per heavy atom. The second-order valence-corrected chi connectivity index (χ2v) is 6.36. The van der Waals surface area contributed by atoms with Crippen molar-refractivity contribution in [1.29, 1.82) is 5.26 Å². The van der Waals surface area contributed by atoms with E-state index in [0.717, 1.165) is 5.56 Å². The van der Waals surface area contributed by atoms with Crippen molar-refractivity contribution in [2.45, 2.75) is 17.5 Å². The highest BCUT2D eigenvalue weighted by Crippen LogP contribution is 2.23. The molecule has 0 amide bonds. The molecule has 1 aromatic heterocycles. The Kier molecular flexibility index (Phi) is 5.49. The lowest BCUT2D eigenvalue weighted by molar-refractivity contribution is 0.183. The molecule has 0 saturated heterocycles. The Morgan fingerprint density at radius 1 is 1.20 bits per heavy atom. The van der Waals surface area contributed by atoms with Crippen molar-refractivity contribution in [3.05, 3.63) is 70.0 Å². The maximum absolute atomic E-state index is 12.8. The van der Waals surface area contributed by atoms with E-state index in [4.69, 9.17) is 4.74 Å². The molecule has 0 fully saturated rings. The Hall–Kier alpha value is -2.62. The van der Waals surface area contributed by atoms with E-state index in [9.17, 15) is 10.1 Å². The summed E-state index contributed by atoms with van der Waals surface area (Å²) in [7, 11) is 1.61. The van der Waals surface area contributed by atoms with Gasteiger partial charge in [-0.15, -0.1) is 0 Å². The van der Waals surface area contributed by atoms with E-state index in [1.165, 1.54) is 11.8 Å². The van der Waals surface area contributed by atoms with E-state index in [1.807, 2.05) is 36.4 Å². The summed E-state index contributed by atoms with van der Waals surface area (Å²) in [5, 5.41) is 10.5. The van der Waals surface area contributed by atoms with Crippen molar-refractivity contribution in [2.24, 2.45) is 0 Å². The highest BCUT2D eigenvalue weighted by molar-refractivity contribution is 7.98. The number of hydrogen-bond acceptors (Lipinski definition) is 5. The maximum Gasteiger partial charge on any atom is 0.262 e. The van der Waals surface area contributed by atoms with Crippen LogP contribution >= 0.6 is 11.8 Å². The number of methoxy groups -OCH3 is 1. The summed E-state index contributed by atoms with van der Waals surface area (Å²) in [4.78, 5) is 17.4. The van der Waals surface area contributed by atoms with Gasteiger partial charge in [-0.1, -0.05) is 42.1 Å². The molecule has 0 bridgehead atoms. The van der Waals surface area contributed by atoms with E-state index in [0.29, 0.717) is 40.5 Å². The molecule has 0 N–H and O–H groups in total. The van der Waals surface area contributed by atoms with Gasteiger partial charge in [0.05, 0.1) is 35.7 Å². The highest BCUT2D eigenvalue weighted by atomic mass is 32.2. The minimum Gasteiger partial charge on any atom is -0.383 e. The fourth-order valence-corrected chi connectivity index (χ4v) is 3.56. The number of nitrogens with zero attached hydrogens (tertiary/aromatic N) is 3. The summed E-state index contributed by atoms with van der Waals surface area (Å²) >= 11 is 1.45. The molecular weight excluding hydrogens is 334 g/mol. The SMILES string of the molecule is COCCn1c(SCc2ccccc2C#N)nc2ccccc2c1=O. The topological polar surface area (TPSA) is 67.9 Å². The summed E-state index contributed by atoms with van der Waals surface area (Å²) < 4.78 is 6.77. The number of benzene rings is 2. The maximum atomic E-state index is 12.8. The van der Waals surface area contributed by atoms with E-state index in [1.54, 1.807) is 23.8 Å². The molecule has 1 heterocycles. The van der Waals surface area contributed by atoms with Crippen LogP contribution in [0.2, 0.25) is 0 Å². The summed E-state index contributed by atoms with van der Waals surface area (Å²) in [5.41, 5.74) is 2.17. The van der Waals surface area contributed by atoms with Gasteiger partial charge in [0, 0.05) is 12.9 Å². The lowest BCUT2D eigenvalue weighted by Crippen LogP contribution is -2.25. The molecule has 0 unspecified atom stereocenters. The quantitative estimate of drug-likeness (QED) is 0.504. The van der Waals surface area contributed by atoms with Crippen LogP contribution in [-0.2, 0) is 17.0 Å². The van der Waals surface area contributed by atoms with Crippen molar-refractivity contribution >= 4 is 22.7 Å². The van der Waals surface area contributed by atoms with E-state index in [-0.39, 0.29) is 5.56 Å². The third-order valence-corrected chi connectivity index (χ3v) is 4.87. The molecule has 0 aliphatic rings. The summed E-state index contributed by atoms with van der Waals surface area (Å²) in [5.74, 6) is 0.571. The van der Waals surface area contributed by atoms with Crippen LogP contribution < -0.4 is 5.56 Å². The molecule has 25 heavy (non-hydrogen) atoms. The van der Waals surface area contributed by atoms with Crippen LogP contribution in [0.15, 0.2) is 58.5 Å². The van der Waals surface area contributed by atoms with Gasteiger partial charge >= 0.3 is 0 Å². The van der Waals surface area contributed by atoms with Gasteiger partial charge in [-0.2, -0.15) is 5.26 Å². The standard InChI is InChI=1S/C19H17N3O2S/c1-24-11-10-22-18(23)16-8-4-5-9-17(16)21-19(22)25-13-15-7-3-2-6-14(15)12-20/h2-9H,10-11,13H2,1H3. The molecule has 0 saturated carbocycles. The normalized spacial score (nSPS) is 10.7. The predicted octanol–water partition coefficient (Wildman–Crippen LogP) is 3.21. The Labute approximate surface area is 149 Å². The van der Waals surface area contributed by atoms with Crippen LogP contribution in [0.3, 0.4) is 0 Å². The first-order chi connectivity index (χ1) is 12.2. The molecule has 5 nitrogen and oxygen atoms in total. The summed E-state index contributed by atoms with van der Waals surface area (Å²) in [6.45, 7) is 0.873. The second kappa shape index (κ2) is 7.97. The van der Waals surface area contributed by atoms with Crippen LogP contribution in [0, 0.1) is 11.3 Å². The van der Waals surface area contributed by atoms with Crippen molar-refractivity contribution in [1.82, 2.24) is 9.55 Å². The molecule has 126 valence electrons. The number of para-hydroxylation sites is 1. The Bertz CT molecular complexity index is 992. The van der Waals surface area contributed by atoms with Gasteiger partial charge in [0.15, 0.2) is 5.16 Å².